The first-order valence-corrected chi connectivity index (χ1v) is 9.20. The van der Waals surface area contributed by atoms with E-state index in [0.29, 0.717) is 5.57 Å². The quantitative estimate of drug-likeness (QED) is 0.572. The summed E-state index contributed by atoms with van der Waals surface area (Å²) in [6, 6.07) is 25.7. The molecule has 0 atom stereocenters. The minimum Gasteiger partial charge on any atom is -0.497 e. The van der Waals surface area contributed by atoms with Crippen LogP contribution in [0, 0.1) is 6.92 Å². The van der Waals surface area contributed by atoms with Gasteiger partial charge in [-0.2, -0.15) is 0 Å². The Hall–Kier alpha value is -3.59. The Morgan fingerprint density at radius 2 is 1.54 bits per heavy atom. The van der Waals surface area contributed by atoms with Gasteiger partial charge in [0, 0.05) is 5.57 Å². The van der Waals surface area contributed by atoms with Crippen molar-refractivity contribution >= 4 is 23.4 Å². The van der Waals surface area contributed by atoms with Crippen LogP contribution in [-0.4, -0.2) is 13.0 Å². The molecule has 3 heteroatoms. The number of aryl methyl sites for hydroxylation is 1. The van der Waals surface area contributed by atoms with E-state index in [2.05, 4.69) is 0 Å². The van der Waals surface area contributed by atoms with Gasteiger partial charge in [0.15, 0.2) is 0 Å². The lowest BCUT2D eigenvalue weighted by molar-refractivity contribution is -0.113. The van der Waals surface area contributed by atoms with Gasteiger partial charge in [0.1, 0.15) is 5.75 Å². The lowest BCUT2D eigenvalue weighted by atomic mass is 10.1. The number of methoxy groups -OCH3 is 1. The normalized spacial score (nSPS) is 15.1. The van der Waals surface area contributed by atoms with Crippen molar-refractivity contribution in [2.45, 2.75) is 6.92 Å². The van der Waals surface area contributed by atoms with Crippen LogP contribution in [0.25, 0.3) is 11.8 Å². The van der Waals surface area contributed by atoms with Gasteiger partial charge in [-0.3, -0.25) is 9.69 Å². The lowest BCUT2D eigenvalue weighted by Crippen LogP contribution is -2.25. The molecule has 0 saturated carbocycles. The van der Waals surface area contributed by atoms with Gasteiger partial charge in [0.25, 0.3) is 5.91 Å². The maximum atomic E-state index is 13.4. The van der Waals surface area contributed by atoms with E-state index in [9.17, 15) is 4.79 Å². The van der Waals surface area contributed by atoms with Gasteiger partial charge < -0.3 is 4.74 Å². The van der Waals surface area contributed by atoms with Crippen LogP contribution in [0.4, 0.5) is 5.69 Å². The molecule has 1 aliphatic heterocycles. The first-order valence-electron chi connectivity index (χ1n) is 9.20. The van der Waals surface area contributed by atoms with Crippen LogP contribution in [0.5, 0.6) is 5.75 Å². The predicted molar refractivity (Wildman–Crippen MR) is 114 cm³/mol. The molecule has 1 heterocycles. The molecule has 3 aromatic rings. The SMILES string of the molecule is COc1ccc(/C=C2\C=C(c3ccccc3)N(c3ccccc3C)C2=O)cc1. The summed E-state index contributed by atoms with van der Waals surface area (Å²) in [6.45, 7) is 2.02. The molecule has 0 radical (unpaired) electrons. The van der Waals surface area contributed by atoms with E-state index in [4.69, 9.17) is 4.74 Å². The van der Waals surface area contributed by atoms with Crippen LogP contribution in [0.1, 0.15) is 16.7 Å². The summed E-state index contributed by atoms with van der Waals surface area (Å²) in [5, 5.41) is 0. The minimum atomic E-state index is -0.0241. The number of carbonyl (C=O) groups excluding carboxylic acids is 1. The van der Waals surface area contributed by atoms with Gasteiger partial charge in [-0.05, 0) is 54.0 Å². The number of ether oxygens (including phenoxy) is 1. The standard InChI is InChI=1S/C25H21NO2/c1-18-8-6-7-11-23(18)26-24(20-9-4-3-5-10-20)17-21(25(26)27)16-19-12-14-22(28-2)15-13-19/h3-17H,1-2H3/b21-16+. The van der Waals surface area contributed by atoms with Crippen LogP contribution < -0.4 is 9.64 Å². The summed E-state index contributed by atoms with van der Waals surface area (Å²) in [5.74, 6) is 0.769. The van der Waals surface area contributed by atoms with Gasteiger partial charge in [-0.1, -0.05) is 60.7 Å². The Balaban J connectivity index is 1.81. The highest BCUT2D eigenvalue weighted by atomic mass is 16.5. The smallest absolute Gasteiger partial charge is 0.262 e. The van der Waals surface area contributed by atoms with E-state index in [1.807, 2.05) is 97.9 Å². The summed E-state index contributed by atoms with van der Waals surface area (Å²) < 4.78 is 5.22. The van der Waals surface area contributed by atoms with Gasteiger partial charge in [-0.25, -0.2) is 0 Å². The maximum absolute atomic E-state index is 13.4. The number of amides is 1. The van der Waals surface area contributed by atoms with E-state index in [-0.39, 0.29) is 5.91 Å². The number of hydrogen-bond acceptors (Lipinski definition) is 2. The lowest BCUT2D eigenvalue weighted by Gasteiger charge is -2.22. The molecular weight excluding hydrogens is 346 g/mol. The second kappa shape index (κ2) is 7.57. The van der Waals surface area contributed by atoms with Crippen molar-refractivity contribution in [3.8, 4) is 5.75 Å². The van der Waals surface area contributed by atoms with Crippen molar-refractivity contribution in [3.05, 3.63) is 107 Å². The molecular formula is C25H21NO2. The highest BCUT2D eigenvalue weighted by Crippen LogP contribution is 2.36. The third kappa shape index (κ3) is 3.35. The first-order chi connectivity index (χ1) is 13.7. The zero-order chi connectivity index (χ0) is 19.5. The monoisotopic (exact) mass is 367 g/mol. The molecule has 3 nitrogen and oxygen atoms in total. The topological polar surface area (TPSA) is 29.5 Å². The molecule has 0 aliphatic carbocycles. The number of nitrogens with zero attached hydrogens (tertiary/aromatic N) is 1. The number of hydrogen-bond donors (Lipinski definition) is 0. The molecule has 0 saturated heterocycles. The molecule has 0 fully saturated rings. The predicted octanol–water partition coefficient (Wildman–Crippen LogP) is 5.47. The summed E-state index contributed by atoms with van der Waals surface area (Å²) >= 11 is 0. The van der Waals surface area contributed by atoms with E-state index in [1.54, 1.807) is 12.0 Å². The second-order valence-electron chi connectivity index (χ2n) is 6.70. The Morgan fingerprint density at radius 1 is 0.857 bits per heavy atom. The third-order valence-electron chi connectivity index (χ3n) is 4.85. The molecule has 0 aromatic heterocycles. The fourth-order valence-electron chi connectivity index (χ4n) is 3.37. The van der Waals surface area contributed by atoms with E-state index in [1.165, 1.54) is 0 Å². The van der Waals surface area contributed by atoms with Crippen molar-refractivity contribution in [2.75, 3.05) is 12.0 Å². The van der Waals surface area contributed by atoms with Crippen LogP contribution in [0.3, 0.4) is 0 Å². The highest BCUT2D eigenvalue weighted by Gasteiger charge is 2.31. The molecule has 4 rings (SSSR count). The molecule has 1 amide bonds. The number of para-hydroxylation sites is 1. The van der Waals surface area contributed by atoms with Crippen molar-refractivity contribution in [1.29, 1.82) is 0 Å². The van der Waals surface area contributed by atoms with Crippen LogP contribution >= 0.6 is 0 Å². The Bertz CT molecular complexity index is 1060. The highest BCUT2D eigenvalue weighted by molar-refractivity contribution is 6.23. The molecule has 1 aliphatic rings. The van der Waals surface area contributed by atoms with Crippen LogP contribution in [-0.2, 0) is 4.79 Å². The molecule has 0 bridgehead atoms. The number of rotatable bonds is 4. The van der Waals surface area contributed by atoms with Gasteiger partial charge in [0.05, 0.1) is 18.5 Å². The van der Waals surface area contributed by atoms with Crippen molar-refractivity contribution in [1.82, 2.24) is 0 Å². The van der Waals surface area contributed by atoms with E-state index in [0.717, 1.165) is 33.8 Å². The number of anilines is 1. The average molecular weight is 367 g/mol. The molecule has 3 aromatic carbocycles. The largest absolute Gasteiger partial charge is 0.497 e. The fourth-order valence-corrected chi connectivity index (χ4v) is 3.37. The van der Waals surface area contributed by atoms with Crippen LogP contribution in [0.15, 0.2) is 90.5 Å². The fraction of sp³-hybridized carbons (Fsp3) is 0.0800. The van der Waals surface area contributed by atoms with Crippen molar-refractivity contribution in [3.63, 3.8) is 0 Å². The Kier molecular flexibility index (Phi) is 4.81. The van der Waals surface area contributed by atoms with Gasteiger partial charge in [-0.15, -0.1) is 0 Å². The molecule has 0 unspecified atom stereocenters. The Labute approximate surface area is 165 Å². The zero-order valence-corrected chi connectivity index (χ0v) is 15.9. The van der Waals surface area contributed by atoms with Gasteiger partial charge in [0.2, 0.25) is 0 Å². The Morgan fingerprint density at radius 3 is 2.21 bits per heavy atom. The summed E-state index contributed by atoms with van der Waals surface area (Å²) in [5.41, 5.74) is 5.48. The first kappa shape index (κ1) is 17.8. The third-order valence-corrected chi connectivity index (χ3v) is 4.85. The zero-order valence-electron chi connectivity index (χ0n) is 15.9. The molecule has 0 spiro atoms. The van der Waals surface area contributed by atoms with Gasteiger partial charge >= 0.3 is 0 Å². The number of benzene rings is 3. The number of carbonyl (C=O) groups is 1. The average Bonchev–Trinajstić information content (AvgIpc) is 3.06. The summed E-state index contributed by atoms with van der Waals surface area (Å²) in [4.78, 5) is 15.2. The maximum Gasteiger partial charge on any atom is 0.262 e. The van der Waals surface area contributed by atoms with Crippen molar-refractivity contribution < 1.29 is 9.53 Å². The molecule has 28 heavy (non-hydrogen) atoms. The molecule has 138 valence electrons. The van der Waals surface area contributed by atoms with Crippen LogP contribution in [0.2, 0.25) is 0 Å². The van der Waals surface area contributed by atoms with E-state index < -0.39 is 0 Å². The minimum absolute atomic E-state index is 0.0241. The van der Waals surface area contributed by atoms with E-state index >= 15 is 0 Å². The van der Waals surface area contributed by atoms with Crippen molar-refractivity contribution in [2.24, 2.45) is 0 Å². The second-order valence-corrected chi connectivity index (χ2v) is 6.70. The molecule has 0 N–H and O–H groups in total. The summed E-state index contributed by atoms with van der Waals surface area (Å²) in [7, 11) is 1.64. The summed E-state index contributed by atoms with van der Waals surface area (Å²) in [6.07, 6.45) is 3.89.